The average Bonchev–Trinajstić information content (AvgIpc) is 2.87. The Bertz CT molecular complexity index is 668. The van der Waals surface area contributed by atoms with Crippen LogP contribution < -0.4 is 0 Å². The van der Waals surface area contributed by atoms with Crippen molar-refractivity contribution < 1.29 is 8.42 Å². The van der Waals surface area contributed by atoms with Crippen LogP contribution in [0, 0.1) is 13.8 Å². The van der Waals surface area contributed by atoms with Crippen LogP contribution in [0.1, 0.15) is 16.0 Å². The Balaban J connectivity index is 2.27. The number of hydrogen-bond donors (Lipinski definition) is 0. The third kappa shape index (κ3) is 3.11. The Kier molecular flexibility index (Phi) is 4.52. The van der Waals surface area contributed by atoms with Crippen molar-refractivity contribution >= 4 is 48.6 Å². The molecule has 0 aliphatic carbocycles. The smallest absolute Gasteiger partial charge is 0.206 e. The van der Waals surface area contributed by atoms with E-state index >= 15 is 0 Å². The summed E-state index contributed by atoms with van der Waals surface area (Å²) in [6.07, 6.45) is 0. The Labute approximate surface area is 130 Å². The van der Waals surface area contributed by atoms with Crippen molar-refractivity contribution in [1.82, 2.24) is 4.31 Å². The van der Waals surface area contributed by atoms with E-state index in [4.69, 9.17) is 0 Å². The predicted octanol–water partition coefficient (Wildman–Crippen LogP) is 4.01. The van der Waals surface area contributed by atoms with E-state index in [9.17, 15) is 8.42 Å². The molecule has 0 saturated carbocycles. The largest absolute Gasteiger partial charge is 0.252 e. The number of aryl methyl sites for hydroxylation is 2. The normalized spacial score (nSPS) is 12.3. The van der Waals surface area contributed by atoms with Gasteiger partial charge in [-0.15, -0.1) is 22.7 Å². The molecule has 19 heavy (non-hydrogen) atoms. The van der Waals surface area contributed by atoms with Crippen LogP contribution in [0.3, 0.4) is 0 Å². The fraction of sp³-hybridized carbons (Fsp3) is 0.333. The Hall–Kier alpha value is -0.210. The molecule has 0 aliphatic rings. The number of halogens is 1. The van der Waals surface area contributed by atoms with Crippen molar-refractivity contribution in [1.29, 1.82) is 0 Å². The van der Waals surface area contributed by atoms with Gasteiger partial charge in [-0.05, 0) is 58.4 Å². The van der Waals surface area contributed by atoms with Crippen LogP contribution >= 0.6 is 38.6 Å². The zero-order chi connectivity index (χ0) is 14.2. The van der Waals surface area contributed by atoms with Crippen LogP contribution in [-0.4, -0.2) is 19.8 Å². The second-order valence-corrected chi connectivity index (χ2v) is 9.95. The second kappa shape index (κ2) is 5.65. The zero-order valence-electron chi connectivity index (χ0n) is 10.8. The summed E-state index contributed by atoms with van der Waals surface area (Å²) in [6, 6.07) is 3.72. The number of thiophene rings is 2. The Morgan fingerprint density at radius 1 is 1.32 bits per heavy atom. The lowest BCUT2D eigenvalue weighted by Gasteiger charge is -2.15. The summed E-state index contributed by atoms with van der Waals surface area (Å²) in [4.78, 5) is 1.08. The van der Waals surface area contributed by atoms with E-state index in [1.807, 2.05) is 25.3 Å². The van der Waals surface area contributed by atoms with Crippen molar-refractivity contribution in [3.63, 3.8) is 0 Å². The van der Waals surface area contributed by atoms with Crippen LogP contribution in [-0.2, 0) is 16.6 Å². The summed E-state index contributed by atoms with van der Waals surface area (Å²) in [7, 11) is -1.78. The van der Waals surface area contributed by atoms with E-state index in [0.717, 1.165) is 19.8 Å². The number of nitrogens with zero attached hydrogens (tertiary/aromatic N) is 1. The standard InChI is InChI=1S/C12H14BrNO2S3/c1-8-4-5-17-10(8)7-14(3)19(15,16)11-6-9(2)12(13)18-11/h4-6H,7H2,1-3H3. The van der Waals surface area contributed by atoms with Gasteiger partial charge in [-0.1, -0.05) is 0 Å². The fourth-order valence-corrected chi connectivity index (χ4v) is 6.18. The first kappa shape index (κ1) is 15.2. The molecule has 7 heteroatoms. The first-order valence-corrected chi connectivity index (χ1v) is 9.50. The maximum Gasteiger partial charge on any atom is 0.252 e. The highest BCUT2D eigenvalue weighted by Crippen LogP contribution is 2.32. The molecule has 2 aromatic heterocycles. The van der Waals surface area contributed by atoms with Gasteiger partial charge < -0.3 is 0 Å². The summed E-state index contributed by atoms with van der Waals surface area (Å²) in [5.41, 5.74) is 2.08. The van der Waals surface area contributed by atoms with Gasteiger partial charge in [0.2, 0.25) is 0 Å². The zero-order valence-corrected chi connectivity index (χ0v) is 14.8. The third-order valence-electron chi connectivity index (χ3n) is 2.83. The monoisotopic (exact) mass is 379 g/mol. The van der Waals surface area contributed by atoms with Gasteiger partial charge in [0.25, 0.3) is 10.0 Å². The highest BCUT2D eigenvalue weighted by atomic mass is 79.9. The van der Waals surface area contributed by atoms with Crippen LogP contribution in [0.2, 0.25) is 0 Å². The molecule has 0 aromatic carbocycles. The number of sulfonamides is 1. The summed E-state index contributed by atoms with van der Waals surface area (Å²) in [5.74, 6) is 0. The molecule has 0 bridgehead atoms. The molecule has 104 valence electrons. The molecule has 2 heterocycles. The molecule has 0 radical (unpaired) electrons. The number of hydrogen-bond acceptors (Lipinski definition) is 4. The van der Waals surface area contributed by atoms with Gasteiger partial charge in [0.1, 0.15) is 4.21 Å². The van der Waals surface area contributed by atoms with Gasteiger partial charge in [-0.2, -0.15) is 4.31 Å². The van der Waals surface area contributed by atoms with Crippen LogP contribution in [0.4, 0.5) is 0 Å². The van der Waals surface area contributed by atoms with Crippen molar-refractivity contribution in [3.8, 4) is 0 Å². The molecule has 0 fully saturated rings. The van der Waals surface area contributed by atoms with E-state index < -0.39 is 10.0 Å². The van der Waals surface area contributed by atoms with Gasteiger partial charge in [-0.25, -0.2) is 8.42 Å². The van der Waals surface area contributed by atoms with Crippen LogP contribution in [0.5, 0.6) is 0 Å². The summed E-state index contributed by atoms with van der Waals surface area (Å²) < 4.78 is 27.6. The number of rotatable bonds is 4. The van der Waals surface area contributed by atoms with Crippen LogP contribution in [0.25, 0.3) is 0 Å². The van der Waals surface area contributed by atoms with Crippen molar-refractivity contribution in [2.75, 3.05) is 7.05 Å². The third-order valence-corrected chi connectivity index (χ3v) is 8.23. The minimum absolute atomic E-state index is 0.383. The average molecular weight is 380 g/mol. The van der Waals surface area contributed by atoms with Crippen molar-refractivity contribution in [2.24, 2.45) is 0 Å². The second-order valence-electron chi connectivity index (χ2n) is 4.31. The lowest BCUT2D eigenvalue weighted by molar-refractivity contribution is 0.471. The maximum absolute atomic E-state index is 12.5. The summed E-state index contributed by atoms with van der Waals surface area (Å²) in [5, 5.41) is 1.98. The molecule has 0 amide bonds. The molecule has 0 saturated heterocycles. The first-order chi connectivity index (χ1) is 8.82. The molecule has 2 aromatic rings. The van der Waals surface area contributed by atoms with Gasteiger partial charge in [0, 0.05) is 18.5 Å². The molecule has 3 nitrogen and oxygen atoms in total. The Morgan fingerprint density at radius 3 is 2.47 bits per heavy atom. The quantitative estimate of drug-likeness (QED) is 0.804. The minimum atomic E-state index is -3.40. The van der Waals surface area contributed by atoms with Gasteiger partial charge in [-0.3, -0.25) is 0 Å². The molecule has 0 aliphatic heterocycles. The highest BCUT2D eigenvalue weighted by molar-refractivity contribution is 9.11. The highest BCUT2D eigenvalue weighted by Gasteiger charge is 2.24. The van der Waals surface area contributed by atoms with Gasteiger partial charge in [0.05, 0.1) is 3.79 Å². The summed E-state index contributed by atoms with van der Waals surface area (Å²) >= 11 is 6.21. The predicted molar refractivity (Wildman–Crippen MR) is 84.5 cm³/mol. The molecular weight excluding hydrogens is 366 g/mol. The van der Waals surface area contributed by atoms with E-state index in [0.29, 0.717) is 10.8 Å². The first-order valence-electron chi connectivity index (χ1n) is 5.57. The van der Waals surface area contributed by atoms with E-state index in [1.165, 1.54) is 15.6 Å². The minimum Gasteiger partial charge on any atom is -0.206 e. The van der Waals surface area contributed by atoms with E-state index in [-0.39, 0.29) is 0 Å². The molecule has 0 N–H and O–H groups in total. The molecular formula is C12H14BrNO2S3. The van der Waals surface area contributed by atoms with Crippen molar-refractivity contribution in [2.45, 2.75) is 24.6 Å². The lowest BCUT2D eigenvalue weighted by atomic mass is 10.3. The van der Waals surface area contributed by atoms with Gasteiger partial charge >= 0.3 is 0 Å². The molecule has 0 atom stereocenters. The molecule has 2 rings (SSSR count). The topological polar surface area (TPSA) is 37.4 Å². The maximum atomic E-state index is 12.5. The van der Waals surface area contributed by atoms with E-state index in [1.54, 1.807) is 24.5 Å². The fourth-order valence-electron chi connectivity index (χ4n) is 1.57. The Morgan fingerprint density at radius 2 is 2.00 bits per heavy atom. The lowest BCUT2D eigenvalue weighted by Crippen LogP contribution is -2.25. The van der Waals surface area contributed by atoms with E-state index in [2.05, 4.69) is 15.9 Å². The summed E-state index contributed by atoms with van der Waals surface area (Å²) in [6.45, 7) is 4.31. The van der Waals surface area contributed by atoms with Crippen LogP contribution in [0.15, 0.2) is 25.5 Å². The SMILES string of the molecule is Cc1cc(S(=O)(=O)N(C)Cc2sccc2C)sc1Br. The van der Waals surface area contributed by atoms with Crippen molar-refractivity contribution in [3.05, 3.63) is 37.3 Å². The molecule has 0 spiro atoms. The van der Waals surface area contributed by atoms with Gasteiger partial charge in [0.15, 0.2) is 0 Å². The molecule has 0 unspecified atom stereocenters.